The van der Waals surface area contributed by atoms with Gasteiger partial charge in [0.05, 0.1) is 7.11 Å². The SMILES string of the molecule is COc1ccsc1-c1nnc(C(N)c2ccccc2)o1. The van der Waals surface area contributed by atoms with Crippen LogP contribution in [0.5, 0.6) is 5.75 Å². The summed E-state index contributed by atoms with van der Waals surface area (Å²) in [5.41, 5.74) is 7.06. The molecule has 2 heterocycles. The van der Waals surface area contributed by atoms with Gasteiger partial charge in [-0.2, -0.15) is 0 Å². The molecule has 0 saturated carbocycles. The molecule has 2 aromatic heterocycles. The number of hydrogen-bond donors (Lipinski definition) is 1. The molecule has 0 aliphatic carbocycles. The highest BCUT2D eigenvalue weighted by molar-refractivity contribution is 7.13. The molecule has 1 atom stereocenters. The summed E-state index contributed by atoms with van der Waals surface area (Å²) in [6.45, 7) is 0. The molecule has 20 heavy (non-hydrogen) atoms. The Labute approximate surface area is 120 Å². The summed E-state index contributed by atoms with van der Waals surface area (Å²) in [6, 6.07) is 11.1. The average molecular weight is 287 g/mol. The van der Waals surface area contributed by atoms with Gasteiger partial charge in [0.2, 0.25) is 5.89 Å². The molecule has 0 aliphatic heterocycles. The van der Waals surface area contributed by atoms with E-state index < -0.39 is 6.04 Å². The van der Waals surface area contributed by atoms with Crippen molar-refractivity contribution >= 4 is 11.3 Å². The molecule has 0 amide bonds. The van der Waals surface area contributed by atoms with Gasteiger partial charge in [-0.25, -0.2) is 0 Å². The van der Waals surface area contributed by atoms with Gasteiger partial charge in [-0.05, 0) is 17.0 Å². The van der Waals surface area contributed by atoms with E-state index in [0.717, 1.165) is 16.2 Å². The zero-order valence-electron chi connectivity index (χ0n) is 10.8. The minimum atomic E-state index is -0.427. The van der Waals surface area contributed by atoms with Crippen molar-refractivity contribution in [3.05, 3.63) is 53.2 Å². The maximum absolute atomic E-state index is 6.13. The van der Waals surface area contributed by atoms with Gasteiger partial charge >= 0.3 is 0 Å². The lowest BCUT2D eigenvalue weighted by Gasteiger charge is -2.06. The summed E-state index contributed by atoms with van der Waals surface area (Å²) in [6.07, 6.45) is 0. The minimum absolute atomic E-state index is 0.390. The highest BCUT2D eigenvalue weighted by Gasteiger charge is 2.19. The third-order valence-electron chi connectivity index (χ3n) is 2.91. The molecule has 0 saturated heterocycles. The van der Waals surface area contributed by atoms with Gasteiger partial charge in [-0.3, -0.25) is 0 Å². The Balaban J connectivity index is 1.91. The van der Waals surface area contributed by atoms with Crippen molar-refractivity contribution in [3.8, 4) is 16.5 Å². The number of methoxy groups -OCH3 is 1. The molecule has 0 spiro atoms. The maximum Gasteiger partial charge on any atom is 0.261 e. The maximum atomic E-state index is 6.13. The van der Waals surface area contributed by atoms with Crippen LogP contribution in [0.25, 0.3) is 10.8 Å². The number of ether oxygens (including phenoxy) is 1. The molecule has 0 fully saturated rings. The van der Waals surface area contributed by atoms with Crippen LogP contribution in [0.4, 0.5) is 0 Å². The predicted molar refractivity (Wildman–Crippen MR) is 76.6 cm³/mol. The smallest absolute Gasteiger partial charge is 0.261 e. The van der Waals surface area contributed by atoms with Crippen LogP contribution < -0.4 is 10.5 Å². The summed E-state index contributed by atoms with van der Waals surface area (Å²) >= 11 is 1.49. The molecule has 0 bridgehead atoms. The van der Waals surface area contributed by atoms with Crippen LogP contribution in [0, 0.1) is 0 Å². The Hall–Kier alpha value is -2.18. The molecule has 0 radical (unpaired) electrons. The summed E-state index contributed by atoms with van der Waals surface area (Å²) in [5, 5.41) is 9.99. The fourth-order valence-electron chi connectivity index (χ4n) is 1.87. The number of nitrogens with two attached hydrogens (primary N) is 1. The standard InChI is InChI=1S/C14H13N3O2S/c1-18-10-7-8-20-12(10)14-17-16-13(19-14)11(15)9-5-3-2-4-6-9/h2-8,11H,15H2,1H3. The van der Waals surface area contributed by atoms with Crippen molar-refractivity contribution in [1.29, 1.82) is 0 Å². The lowest BCUT2D eigenvalue weighted by molar-refractivity contribution is 0.415. The Bertz CT molecular complexity index is 693. The summed E-state index contributed by atoms with van der Waals surface area (Å²) in [5.74, 6) is 1.54. The van der Waals surface area contributed by atoms with Crippen molar-refractivity contribution in [2.45, 2.75) is 6.04 Å². The van der Waals surface area contributed by atoms with Gasteiger partial charge in [-0.15, -0.1) is 21.5 Å². The number of aromatic nitrogens is 2. The predicted octanol–water partition coefficient (Wildman–Crippen LogP) is 2.85. The highest BCUT2D eigenvalue weighted by Crippen LogP contribution is 2.35. The number of hydrogen-bond acceptors (Lipinski definition) is 6. The monoisotopic (exact) mass is 287 g/mol. The van der Waals surface area contributed by atoms with Crippen LogP contribution in [0.2, 0.25) is 0 Å². The summed E-state index contributed by atoms with van der Waals surface area (Å²) < 4.78 is 10.9. The van der Waals surface area contributed by atoms with E-state index in [9.17, 15) is 0 Å². The first-order chi connectivity index (χ1) is 9.79. The molecule has 3 rings (SSSR count). The molecular formula is C14H13N3O2S. The van der Waals surface area contributed by atoms with E-state index >= 15 is 0 Å². The minimum Gasteiger partial charge on any atom is -0.495 e. The molecular weight excluding hydrogens is 274 g/mol. The zero-order chi connectivity index (χ0) is 13.9. The zero-order valence-corrected chi connectivity index (χ0v) is 11.6. The van der Waals surface area contributed by atoms with Crippen LogP contribution >= 0.6 is 11.3 Å². The Morgan fingerprint density at radius 1 is 1.20 bits per heavy atom. The molecule has 1 aromatic carbocycles. The van der Waals surface area contributed by atoms with E-state index in [1.807, 2.05) is 41.8 Å². The summed E-state index contributed by atoms with van der Waals surface area (Å²) in [4.78, 5) is 0.812. The van der Waals surface area contributed by atoms with E-state index in [1.165, 1.54) is 11.3 Å². The molecule has 3 aromatic rings. The third-order valence-corrected chi connectivity index (χ3v) is 3.79. The Morgan fingerprint density at radius 3 is 2.75 bits per heavy atom. The van der Waals surface area contributed by atoms with Gasteiger partial charge in [0.1, 0.15) is 16.7 Å². The normalized spacial score (nSPS) is 12.3. The number of rotatable bonds is 4. The van der Waals surface area contributed by atoms with Gasteiger partial charge < -0.3 is 14.9 Å². The number of thiophene rings is 1. The fraction of sp³-hybridized carbons (Fsp3) is 0.143. The van der Waals surface area contributed by atoms with Crippen molar-refractivity contribution < 1.29 is 9.15 Å². The topological polar surface area (TPSA) is 74.2 Å². The first kappa shape index (κ1) is 12.8. The van der Waals surface area contributed by atoms with Crippen LogP contribution in [-0.2, 0) is 0 Å². The van der Waals surface area contributed by atoms with E-state index in [-0.39, 0.29) is 0 Å². The van der Waals surface area contributed by atoms with Crippen LogP contribution in [0.15, 0.2) is 46.2 Å². The van der Waals surface area contributed by atoms with Crippen molar-refractivity contribution in [3.63, 3.8) is 0 Å². The molecule has 1 unspecified atom stereocenters. The third kappa shape index (κ3) is 2.31. The van der Waals surface area contributed by atoms with E-state index in [2.05, 4.69) is 10.2 Å². The highest BCUT2D eigenvalue weighted by atomic mass is 32.1. The lowest BCUT2D eigenvalue weighted by atomic mass is 10.1. The molecule has 6 heteroatoms. The number of benzene rings is 1. The van der Waals surface area contributed by atoms with Crippen LogP contribution in [-0.4, -0.2) is 17.3 Å². The first-order valence-electron chi connectivity index (χ1n) is 6.05. The average Bonchev–Trinajstić information content (AvgIpc) is 3.15. The molecule has 0 aliphatic rings. The van der Waals surface area contributed by atoms with Crippen molar-refractivity contribution in [2.24, 2.45) is 5.73 Å². The molecule has 2 N–H and O–H groups in total. The second kappa shape index (κ2) is 5.44. The second-order valence-electron chi connectivity index (χ2n) is 4.15. The quantitative estimate of drug-likeness (QED) is 0.798. The Morgan fingerprint density at radius 2 is 2.00 bits per heavy atom. The van der Waals surface area contributed by atoms with Gasteiger partial charge in [0, 0.05) is 0 Å². The second-order valence-corrected chi connectivity index (χ2v) is 5.07. The largest absolute Gasteiger partial charge is 0.495 e. The first-order valence-corrected chi connectivity index (χ1v) is 6.93. The van der Waals surface area contributed by atoms with Crippen molar-refractivity contribution in [1.82, 2.24) is 10.2 Å². The van der Waals surface area contributed by atoms with Crippen molar-refractivity contribution in [2.75, 3.05) is 7.11 Å². The van der Waals surface area contributed by atoms with Crippen LogP contribution in [0.1, 0.15) is 17.5 Å². The fourth-order valence-corrected chi connectivity index (χ4v) is 2.65. The van der Waals surface area contributed by atoms with Gasteiger partial charge in [0.15, 0.2) is 0 Å². The summed E-state index contributed by atoms with van der Waals surface area (Å²) in [7, 11) is 1.61. The van der Waals surface area contributed by atoms with Crippen LogP contribution in [0.3, 0.4) is 0 Å². The Kier molecular flexibility index (Phi) is 3.49. The van der Waals surface area contributed by atoms with Gasteiger partial charge in [-0.1, -0.05) is 30.3 Å². The molecule has 5 nitrogen and oxygen atoms in total. The van der Waals surface area contributed by atoms with Gasteiger partial charge in [0.25, 0.3) is 5.89 Å². The molecule has 102 valence electrons. The number of nitrogens with zero attached hydrogens (tertiary/aromatic N) is 2. The van der Waals surface area contributed by atoms with E-state index in [0.29, 0.717) is 11.8 Å². The lowest BCUT2D eigenvalue weighted by Crippen LogP contribution is -2.11. The van der Waals surface area contributed by atoms with E-state index in [4.69, 9.17) is 14.9 Å². The van der Waals surface area contributed by atoms with E-state index in [1.54, 1.807) is 7.11 Å².